The van der Waals surface area contributed by atoms with Crippen molar-refractivity contribution in [1.29, 1.82) is 0 Å². The molecule has 0 spiro atoms. The zero-order valence-corrected chi connectivity index (χ0v) is 16.2. The first-order valence-corrected chi connectivity index (χ1v) is 10.1. The van der Waals surface area contributed by atoms with Gasteiger partial charge in [-0.1, -0.05) is 37.6 Å². The topological polar surface area (TPSA) is 50.4 Å². The molecule has 2 amide bonds. The number of unbranched alkanes of at least 4 members (excludes halogenated alkanes) is 1. The molecule has 1 heterocycles. The minimum Gasteiger partial charge on any atom is -0.494 e. The van der Waals surface area contributed by atoms with Crippen molar-refractivity contribution in [2.75, 3.05) is 11.9 Å². The van der Waals surface area contributed by atoms with Crippen LogP contribution in [0.2, 0.25) is 0 Å². The van der Waals surface area contributed by atoms with E-state index in [9.17, 15) is 4.79 Å². The van der Waals surface area contributed by atoms with E-state index in [1.165, 1.54) is 5.56 Å². The Labute approximate surface area is 164 Å². The number of ether oxygens (including phenoxy) is 1. The van der Waals surface area contributed by atoms with Crippen molar-refractivity contribution in [3.63, 3.8) is 0 Å². The summed E-state index contributed by atoms with van der Waals surface area (Å²) >= 11 is 1.67. The lowest BCUT2D eigenvalue weighted by molar-refractivity contribution is 0.251. The molecular weight excluding hydrogens is 356 g/mol. The lowest BCUT2D eigenvalue weighted by atomic mass is 10.0. The molecule has 0 aliphatic carbocycles. The minimum absolute atomic E-state index is 0.227. The summed E-state index contributed by atoms with van der Waals surface area (Å²) in [6.07, 6.45) is 2.14. The van der Waals surface area contributed by atoms with Crippen molar-refractivity contribution in [2.45, 2.75) is 26.3 Å². The quantitative estimate of drug-likeness (QED) is 0.477. The summed E-state index contributed by atoms with van der Waals surface area (Å²) < 4.78 is 5.63. The second-order valence-electron chi connectivity index (χ2n) is 6.20. The molecule has 5 heteroatoms. The van der Waals surface area contributed by atoms with E-state index in [-0.39, 0.29) is 6.03 Å². The molecule has 0 fully saturated rings. The summed E-state index contributed by atoms with van der Waals surface area (Å²) in [5, 5.41) is 9.96. The van der Waals surface area contributed by atoms with Crippen LogP contribution < -0.4 is 15.4 Å². The number of carbonyl (C=O) groups excluding carboxylic acids is 1. The first-order chi connectivity index (χ1) is 13.3. The van der Waals surface area contributed by atoms with Crippen LogP contribution in [-0.2, 0) is 6.54 Å². The summed E-state index contributed by atoms with van der Waals surface area (Å²) in [6, 6.07) is 17.4. The van der Waals surface area contributed by atoms with Crippen molar-refractivity contribution in [3.8, 4) is 16.9 Å². The van der Waals surface area contributed by atoms with Crippen LogP contribution >= 0.6 is 11.3 Å². The van der Waals surface area contributed by atoms with E-state index >= 15 is 0 Å². The van der Waals surface area contributed by atoms with Gasteiger partial charge in [0, 0.05) is 12.2 Å². The molecule has 0 saturated carbocycles. The molecule has 4 nitrogen and oxygen atoms in total. The fraction of sp³-hybridized carbons (Fsp3) is 0.227. The highest BCUT2D eigenvalue weighted by Crippen LogP contribution is 2.25. The van der Waals surface area contributed by atoms with Crippen LogP contribution in [0.5, 0.6) is 5.75 Å². The van der Waals surface area contributed by atoms with Gasteiger partial charge in [-0.2, -0.15) is 11.3 Å². The number of anilines is 1. The molecule has 140 valence electrons. The molecule has 0 saturated heterocycles. The third-order valence-corrected chi connectivity index (χ3v) is 4.85. The van der Waals surface area contributed by atoms with Gasteiger partial charge in [-0.05, 0) is 64.2 Å². The molecular formula is C22H24N2O2S. The lowest BCUT2D eigenvalue weighted by Crippen LogP contribution is -2.28. The summed E-state index contributed by atoms with van der Waals surface area (Å²) in [5.41, 5.74) is 4.15. The summed E-state index contributed by atoms with van der Waals surface area (Å²) in [6.45, 7) is 3.32. The third kappa shape index (κ3) is 5.59. The Bertz CT molecular complexity index is 845. The van der Waals surface area contributed by atoms with Crippen molar-refractivity contribution >= 4 is 23.1 Å². The van der Waals surface area contributed by atoms with Crippen LogP contribution in [0.15, 0.2) is 65.4 Å². The highest BCUT2D eigenvalue weighted by Gasteiger charge is 2.07. The van der Waals surface area contributed by atoms with Crippen molar-refractivity contribution < 1.29 is 9.53 Å². The number of carbonyl (C=O) groups is 1. The van der Waals surface area contributed by atoms with Gasteiger partial charge in [0.1, 0.15) is 5.75 Å². The number of hydrogen-bond acceptors (Lipinski definition) is 3. The Kier molecular flexibility index (Phi) is 6.88. The largest absolute Gasteiger partial charge is 0.494 e. The molecule has 0 aliphatic rings. The Morgan fingerprint density at radius 1 is 1.07 bits per heavy atom. The number of amides is 2. The predicted molar refractivity (Wildman–Crippen MR) is 112 cm³/mol. The summed E-state index contributed by atoms with van der Waals surface area (Å²) in [4.78, 5) is 12.2. The maximum absolute atomic E-state index is 12.2. The van der Waals surface area contributed by atoms with Gasteiger partial charge in [-0.25, -0.2) is 4.79 Å². The SMILES string of the molecule is CCCCOc1ccc(NC(=O)NCc2ccccc2-c2ccsc2)cc1. The first-order valence-electron chi connectivity index (χ1n) is 9.14. The predicted octanol–water partition coefficient (Wildman–Crippen LogP) is 5.92. The van der Waals surface area contributed by atoms with E-state index in [1.807, 2.05) is 42.5 Å². The molecule has 3 aromatic rings. The smallest absolute Gasteiger partial charge is 0.319 e. The second-order valence-corrected chi connectivity index (χ2v) is 6.98. The van der Waals surface area contributed by atoms with Crippen LogP contribution in [0.3, 0.4) is 0 Å². The van der Waals surface area contributed by atoms with Crippen molar-refractivity contribution in [1.82, 2.24) is 5.32 Å². The van der Waals surface area contributed by atoms with Gasteiger partial charge < -0.3 is 15.4 Å². The fourth-order valence-corrected chi connectivity index (χ4v) is 3.35. The first kappa shape index (κ1) is 19.0. The van der Waals surface area contributed by atoms with Gasteiger partial charge in [0.2, 0.25) is 0 Å². The molecule has 0 radical (unpaired) electrons. The molecule has 1 aromatic heterocycles. The van der Waals surface area contributed by atoms with Gasteiger partial charge in [-0.15, -0.1) is 0 Å². The number of urea groups is 1. The maximum Gasteiger partial charge on any atom is 0.319 e. The number of thiophene rings is 1. The summed E-state index contributed by atoms with van der Waals surface area (Å²) in [5.74, 6) is 0.819. The highest BCUT2D eigenvalue weighted by molar-refractivity contribution is 7.08. The van der Waals surface area contributed by atoms with Crippen LogP contribution in [0.1, 0.15) is 25.3 Å². The number of nitrogens with one attached hydrogen (secondary N) is 2. The van der Waals surface area contributed by atoms with Gasteiger partial charge in [0.25, 0.3) is 0 Å². The maximum atomic E-state index is 12.2. The molecule has 3 rings (SSSR count). The Hall–Kier alpha value is -2.79. The van der Waals surface area contributed by atoms with Gasteiger partial charge in [0.05, 0.1) is 6.61 Å². The summed E-state index contributed by atoms with van der Waals surface area (Å²) in [7, 11) is 0. The van der Waals surface area contributed by atoms with E-state index in [4.69, 9.17) is 4.74 Å². The zero-order valence-electron chi connectivity index (χ0n) is 15.4. The van der Waals surface area contributed by atoms with E-state index in [2.05, 4.69) is 40.5 Å². The van der Waals surface area contributed by atoms with Crippen LogP contribution in [0.4, 0.5) is 10.5 Å². The lowest BCUT2D eigenvalue weighted by Gasteiger charge is -2.11. The van der Waals surface area contributed by atoms with Gasteiger partial charge in [-0.3, -0.25) is 0 Å². The van der Waals surface area contributed by atoms with Crippen molar-refractivity contribution in [2.24, 2.45) is 0 Å². The van der Waals surface area contributed by atoms with E-state index in [1.54, 1.807) is 11.3 Å². The molecule has 2 aromatic carbocycles. The fourth-order valence-electron chi connectivity index (χ4n) is 2.69. The third-order valence-electron chi connectivity index (χ3n) is 4.17. The number of rotatable bonds is 8. The van der Waals surface area contributed by atoms with Crippen LogP contribution in [-0.4, -0.2) is 12.6 Å². The molecule has 0 bridgehead atoms. The van der Waals surface area contributed by atoms with E-state index < -0.39 is 0 Å². The molecule has 27 heavy (non-hydrogen) atoms. The van der Waals surface area contributed by atoms with Crippen LogP contribution in [0.25, 0.3) is 11.1 Å². The minimum atomic E-state index is -0.227. The second kappa shape index (κ2) is 9.78. The molecule has 0 atom stereocenters. The monoisotopic (exact) mass is 380 g/mol. The molecule has 0 unspecified atom stereocenters. The van der Waals surface area contributed by atoms with E-state index in [0.29, 0.717) is 13.2 Å². The number of hydrogen-bond donors (Lipinski definition) is 2. The average molecular weight is 381 g/mol. The Balaban J connectivity index is 1.53. The molecule has 2 N–H and O–H groups in total. The Morgan fingerprint density at radius 2 is 1.89 bits per heavy atom. The average Bonchev–Trinajstić information content (AvgIpc) is 3.23. The molecule has 0 aliphatic heterocycles. The Morgan fingerprint density at radius 3 is 2.63 bits per heavy atom. The van der Waals surface area contributed by atoms with Gasteiger partial charge >= 0.3 is 6.03 Å². The highest BCUT2D eigenvalue weighted by atomic mass is 32.1. The standard InChI is InChI=1S/C22H24N2O2S/c1-2-3-13-26-20-10-8-19(9-11-20)24-22(25)23-15-17-6-4-5-7-21(17)18-12-14-27-16-18/h4-12,14,16H,2-3,13,15H2,1H3,(H2,23,24,25). The zero-order chi connectivity index (χ0) is 18.9. The van der Waals surface area contributed by atoms with Gasteiger partial charge in [0.15, 0.2) is 0 Å². The normalized spacial score (nSPS) is 10.4. The van der Waals surface area contributed by atoms with Crippen molar-refractivity contribution in [3.05, 3.63) is 70.9 Å². The van der Waals surface area contributed by atoms with E-state index in [0.717, 1.165) is 35.4 Å². The number of benzene rings is 2. The van der Waals surface area contributed by atoms with Crippen LogP contribution in [0, 0.1) is 0 Å².